The second kappa shape index (κ2) is 8.73. The number of methoxy groups -OCH3 is 1. The summed E-state index contributed by atoms with van der Waals surface area (Å²) in [5, 5.41) is 2.95. The molecule has 0 bridgehead atoms. The molecule has 0 saturated carbocycles. The third kappa shape index (κ3) is 3.96. The number of hydrogen-bond acceptors (Lipinski definition) is 3. The molecule has 0 aliphatic rings. The van der Waals surface area contributed by atoms with Gasteiger partial charge in [-0.3, -0.25) is 4.79 Å². The van der Waals surface area contributed by atoms with Crippen LogP contribution < -0.4 is 5.32 Å². The minimum atomic E-state index is -0.559. The van der Waals surface area contributed by atoms with Crippen molar-refractivity contribution >= 4 is 22.8 Å². The molecule has 2 aromatic carbocycles. The molecule has 0 aliphatic heterocycles. The average molecular weight is 420 g/mol. The quantitative estimate of drug-likeness (QED) is 0.410. The van der Waals surface area contributed by atoms with Crippen LogP contribution in [0.2, 0.25) is 0 Å². The first-order valence-corrected chi connectivity index (χ1v) is 10.2. The number of ether oxygens (including phenoxy) is 1. The summed E-state index contributed by atoms with van der Waals surface area (Å²) >= 11 is 0. The van der Waals surface area contributed by atoms with Gasteiger partial charge >= 0.3 is 0 Å². The lowest BCUT2D eigenvalue weighted by Crippen LogP contribution is -2.18. The number of anilines is 1. The van der Waals surface area contributed by atoms with Crippen LogP contribution in [0.25, 0.3) is 22.4 Å². The molecule has 0 aliphatic carbocycles. The zero-order valence-corrected chi connectivity index (χ0v) is 17.8. The van der Waals surface area contributed by atoms with Crippen molar-refractivity contribution in [3.05, 3.63) is 71.2 Å². The summed E-state index contributed by atoms with van der Waals surface area (Å²) in [6.45, 7) is 5.25. The molecule has 0 saturated heterocycles. The highest BCUT2D eigenvalue weighted by Gasteiger charge is 2.24. The molecule has 31 heavy (non-hydrogen) atoms. The maximum atomic E-state index is 14.2. The molecular weight excluding hydrogens is 395 g/mol. The number of para-hydroxylation sites is 2. The number of H-pyrrole nitrogens is 1. The summed E-state index contributed by atoms with van der Waals surface area (Å²) in [6.07, 6.45) is 0.771. The molecule has 0 spiro atoms. The van der Waals surface area contributed by atoms with E-state index in [4.69, 9.17) is 9.72 Å². The number of nitrogens with one attached hydrogen (secondary N) is 2. The lowest BCUT2D eigenvalue weighted by atomic mass is 10.1. The highest BCUT2D eigenvalue weighted by molar-refractivity contribution is 6.06. The number of rotatable bonds is 7. The van der Waals surface area contributed by atoms with Crippen LogP contribution in [-0.2, 0) is 11.3 Å². The van der Waals surface area contributed by atoms with Crippen molar-refractivity contribution in [2.24, 2.45) is 0 Å². The molecular formula is C24H25FN4O2. The largest absolute Gasteiger partial charge is 0.385 e. The summed E-state index contributed by atoms with van der Waals surface area (Å²) < 4.78 is 21.5. The summed E-state index contributed by atoms with van der Waals surface area (Å²) in [6, 6.07) is 13.7. The molecule has 1 amide bonds. The van der Waals surface area contributed by atoms with Crippen molar-refractivity contribution in [3.63, 3.8) is 0 Å². The fraction of sp³-hybridized carbons (Fsp3) is 0.250. The minimum absolute atomic E-state index is 0.00185. The Hall–Kier alpha value is -3.45. The summed E-state index contributed by atoms with van der Waals surface area (Å²) in [5.74, 6) is 0.201. The predicted octanol–water partition coefficient (Wildman–Crippen LogP) is 5.08. The van der Waals surface area contributed by atoms with Gasteiger partial charge in [-0.25, -0.2) is 9.37 Å². The summed E-state index contributed by atoms with van der Waals surface area (Å²) in [4.78, 5) is 21.1. The highest BCUT2D eigenvalue weighted by atomic mass is 19.1. The molecule has 6 nitrogen and oxygen atoms in total. The van der Waals surface area contributed by atoms with Crippen LogP contribution in [0.15, 0.2) is 48.5 Å². The molecule has 0 unspecified atom stereocenters. The standard InChI is InChI=1S/C24H25FN4O2/c1-15-16(2)29(13-8-14-31-3)23(28-24(30)17-9-4-5-10-18(17)25)21(15)22-26-19-11-6-7-12-20(19)27-22/h4-7,9-12H,8,13-14H2,1-3H3,(H,26,27)(H,28,30). The smallest absolute Gasteiger partial charge is 0.259 e. The van der Waals surface area contributed by atoms with Crippen molar-refractivity contribution in [1.82, 2.24) is 14.5 Å². The molecule has 0 fully saturated rings. The van der Waals surface area contributed by atoms with E-state index in [0.717, 1.165) is 34.3 Å². The Kier molecular flexibility index (Phi) is 5.86. The van der Waals surface area contributed by atoms with E-state index >= 15 is 0 Å². The highest BCUT2D eigenvalue weighted by Crippen LogP contribution is 2.36. The molecule has 7 heteroatoms. The van der Waals surface area contributed by atoms with Gasteiger partial charge in [0.15, 0.2) is 0 Å². The zero-order valence-electron chi connectivity index (χ0n) is 17.8. The normalized spacial score (nSPS) is 11.2. The second-order valence-electron chi connectivity index (χ2n) is 7.47. The number of halogens is 1. The number of benzene rings is 2. The number of aromatic amines is 1. The number of amides is 1. The van der Waals surface area contributed by atoms with Crippen molar-refractivity contribution in [3.8, 4) is 11.4 Å². The molecule has 4 aromatic rings. The Morgan fingerprint density at radius 3 is 2.65 bits per heavy atom. The number of aromatic nitrogens is 3. The van der Waals surface area contributed by atoms with Crippen molar-refractivity contribution in [2.75, 3.05) is 19.0 Å². The van der Waals surface area contributed by atoms with E-state index in [9.17, 15) is 9.18 Å². The lowest BCUT2D eigenvalue weighted by Gasteiger charge is -2.14. The van der Waals surface area contributed by atoms with Gasteiger partial charge in [-0.15, -0.1) is 0 Å². The van der Waals surface area contributed by atoms with E-state index in [1.54, 1.807) is 19.2 Å². The summed E-state index contributed by atoms with van der Waals surface area (Å²) in [7, 11) is 1.66. The number of fused-ring (bicyclic) bond motifs is 1. The summed E-state index contributed by atoms with van der Waals surface area (Å²) in [5.41, 5.74) is 4.56. The fourth-order valence-electron chi connectivity index (χ4n) is 3.82. The van der Waals surface area contributed by atoms with Gasteiger partial charge in [-0.2, -0.15) is 0 Å². The van der Waals surface area contributed by atoms with E-state index in [1.807, 2.05) is 42.7 Å². The Morgan fingerprint density at radius 1 is 1.16 bits per heavy atom. The van der Waals surface area contributed by atoms with Gasteiger partial charge in [0.1, 0.15) is 17.5 Å². The Morgan fingerprint density at radius 2 is 1.90 bits per heavy atom. The first-order valence-electron chi connectivity index (χ1n) is 10.2. The number of carbonyl (C=O) groups excluding carboxylic acids is 1. The lowest BCUT2D eigenvalue weighted by molar-refractivity contribution is 0.102. The van der Waals surface area contributed by atoms with Crippen molar-refractivity contribution in [2.45, 2.75) is 26.8 Å². The number of imidazole rings is 1. The third-order valence-electron chi connectivity index (χ3n) is 5.54. The van der Waals surface area contributed by atoms with Crippen LogP contribution in [0.3, 0.4) is 0 Å². The fourth-order valence-corrected chi connectivity index (χ4v) is 3.82. The molecule has 0 atom stereocenters. The number of carbonyl (C=O) groups is 1. The monoisotopic (exact) mass is 420 g/mol. The Labute approximate surface area is 180 Å². The molecule has 2 aromatic heterocycles. The molecule has 0 radical (unpaired) electrons. The van der Waals surface area contributed by atoms with E-state index in [2.05, 4.69) is 10.3 Å². The van der Waals surface area contributed by atoms with Crippen LogP contribution in [0.1, 0.15) is 28.0 Å². The van der Waals surface area contributed by atoms with Crippen LogP contribution >= 0.6 is 0 Å². The number of hydrogen-bond donors (Lipinski definition) is 2. The van der Waals surface area contributed by atoms with E-state index in [0.29, 0.717) is 24.8 Å². The maximum Gasteiger partial charge on any atom is 0.259 e. The van der Waals surface area contributed by atoms with Gasteiger partial charge in [-0.05, 0) is 50.1 Å². The van der Waals surface area contributed by atoms with Gasteiger partial charge in [0.2, 0.25) is 0 Å². The van der Waals surface area contributed by atoms with Crippen molar-refractivity contribution in [1.29, 1.82) is 0 Å². The second-order valence-corrected chi connectivity index (χ2v) is 7.47. The van der Waals surface area contributed by atoms with Gasteiger partial charge in [0.25, 0.3) is 5.91 Å². The van der Waals surface area contributed by atoms with Crippen LogP contribution in [0.5, 0.6) is 0 Å². The zero-order chi connectivity index (χ0) is 22.0. The topological polar surface area (TPSA) is 71.9 Å². The Bertz CT molecular complexity index is 1210. The van der Waals surface area contributed by atoms with Gasteiger partial charge < -0.3 is 19.6 Å². The molecule has 2 N–H and O–H groups in total. The van der Waals surface area contributed by atoms with E-state index in [1.165, 1.54) is 12.1 Å². The first-order chi connectivity index (χ1) is 15.0. The SMILES string of the molecule is COCCCn1c(C)c(C)c(-c2nc3ccccc3[nH]2)c1NC(=O)c1ccccc1F. The van der Waals surface area contributed by atoms with Crippen LogP contribution in [-0.4, -0.2) is 34.2 Å². The Balaban J connectivity index is 1.82. The van der Waals surface area contributed by atoms with Crippen LogP contribution in [0.4, 0.5) is 10.2 Å². The van der Waals surface area contributed by atoms with Crippen LogP contribution in [0, 0.1) is 19.7 Å². The third-order valence-corrected chi connectivity index (χ3v) is 5.54. The minimum Gasteiger partial charge on any atom is -0.385 e. The predicted molar refractivity (Wildman–Crippen MR) is 120 cm³/mol. The van der Waals surface area contributed by atoms with Gasteiger partial charge in [-0.1, -0.05) is 24.3 Å². The number of nitrogens with zero attached hydrogens (tertiary/aromatic N) is 2. The van der Waals surface area contributed by atoms with Gasteiger partial charge in [0, 0.05) is 26.0 Å². The van der Waals surface area contributed by atoms with Crippen molar-refractivity contribution < 1.29 is 13.9 Å². The molecule has 160 valence electrons. The first kappa shape index (κ1) is 20.8. The molecule has 2 heterocycles. The van der Waals surface area contributed by atoms with E-state index in [-0.39, 0.29) is 5.56 Å². The average Bonchev–Trinajstić information content (AvgIpc) is 3.28. The van der Waals surface area contributed by atoms with E-state index < -0.39 is 11.7 Å². The molecule has 4 rings (SSSR count). The maximum absolute atomic E-state index is 14.2. The van der Waals surface area contributed by atoms with Gasteiger partial charge in [0.05, 0.1) is 22.2 Å².